The molecule has 1 rings (SSSR count). The van der Waals surface area contributed by atoms with Gasteiger partial charge < -0.3 is 10.6 Å². The van der Waals surface area contributed by atoms with Crippen LogP contribution < -0.4 is 10.6 Å². The minimum absolute atomic E-state index is 0.0166. The Kier molecular flexibility index (Phi) is 4.17. The molecule has 0 radical (unpaired) electrons. The molecule has 72 valence electrons. The normalized spacial score (nSPS) is 9.62. The van der Waals surface area contributed by atoms with E-state index in [0.717, 1.165) is 13.0 Å². The molecule has 0 spiro atoms. The summed E-state index contributed by atoms with van der Waals surface area (Å²) in [5.41, 5.74) is 1.62. The monoisotopic (exact) mass is 200 g/mol. The van der Waals surface area contributed by atoms with Crippen molar-refractivity contribution in [1.82, 2.24) is 15.5 Å². The fourth-order valence-corrected chi connectivity index (χ4v) is 1.18. The van der Waals surface area contributed by atoms with Crippen LogP contribution in [0.25, 0.3) is 0 Å². The Balaban J connectivity index is 2.15. The number of anilines is 1. The predicted molar refractivity (Wildman–Crippen MR) is 51.7 cm³/mol. The van der Waals surface area contributed by atoms with Crippen molar-refractivity contribution in [3.8, 4) is 0 Å². The number of carbonyl (C=O) groups excluding carboxylic acids is 1. The molecule has 5 nitrogen and oxygen atoms in total. The molecule has 0 aliphatic rings. The zero-order chi connectivity index (χ0) is 9.52. The number of hydrogen-bond donors (Lipinski definition) is 2. The lowest BCUT2D eigenvalue weighted by molar-refractivity contribution is -0.119. The summed E-state index contributed by atoms with van der Waals surface area (Å²) in [6, 6.07) is 0. The number of amides is 1. The Morgan fingerprint density at radius 1 is 1.69 bits per heavy atom. The smallest absolute Gasteiger partial charge is 0.239 e. The molecule has 0 unspecified atom stereocenters. The number of hydrogen-bond acceptors (Lipinski definition) is 5. The average Bonchev–Trinajstić information content (AvgIpc) is 2.64. The van der Waals surface area contributed by atoms with E-state index in [9.17, 15) is 4.79 Å². The van der Waals surface area contributed by atoms with E-state index in [1.165, 1.54) is 11.3 Å². The van der Waals surface area contributed by atoms with Gasteiger partial charge in [-0.1, -0.05) is 18.3 Å². The van der Waals surface area contributed by atoms with E-state index in [1.54, 1.807) is 5.51 Å². The standard InChI is InChI=1S/C7H12N4OS/c1-2-3-8-6(12)4-9-7-11-10-5-13-7/h5H,2-4H2,1H3,(H,8,12)(H,9,11). The number of nitrogens with one attached hydrogen (secondary N) is 2. The van der Waals surface area contributed by atoms with Gasteiger partial charge in [0.25, 0.3) is 0 Å². The second-order valence-electron chi connectivity index (χ2n) is 2.45. The lowest BCUT2D eigenvalue weighted by Gasteiger charge is -2.02. The minimum atomic E-state index is -0.0166. The van der Waals surface area contributed by atoms with Crippen molar-refractivity contribution in [2.45, 2.75) is 13.3 Å². The summed E-state index contributed by atoms with van der Waals surface area (Å²) in [5.74, 6) is -0.0166. The minimum Gasteiger partial charge on any atom is -0.355 e. The maximum atomic E-state index is 11.1. The van der Waals surface area contributed by atoms with Crippen LogP contribution in [0.1, 0.15) is 13.3 Å². The quantitative estimate of drug-likeness (QED) is 0.725. The zero-order valence-electron chi connectivity index (χ0n) is 7.41. The van der Waals surface area contributed by atoms with Crippen LogP contribution in [0.3, 0.4) is 0 Å². The largest absolute Gasteiger partial charge is 0.355 e. The first kappa shape index (κ1) is 9.91. The van der Waals surface area contributed by atoms with Crippen LogP contribution in [0.4, 0.5) is 5.13 Å². The molecule has 13 heavy (non-hydrogen) atoms. The van der Waals surface area contributed by atoms with Gasteiger partial charge in [-0.2, -0.15) is 0 Å². The zero-order valence-corrected chi connectivity index (χ0v) is 8.23. The fraction of sp³-hybridized carbons (Fsp3) is 0.571. The van der Waals surface area contributed by atoms with Gasteiger partial charge in [-0.05, 0) is 6.42 Å². The molecule has 0 saturated heterocycles. The highest BCUT2D eigenvalue weighted by molar-refractivity contribution is 7.13. The van der Waals surface area contributed by atoms with Crippen molar-refractivity contribution in [2.24, 2.45) is 0 Å². The van der Waals surface area contributed by atoms with E-state index in [4.69, 9.17) is 0 Å². The van der Waals surface area contributed by atoms with Gasteiger partial charge in [0.15, 0.2) is 0 Å². The molecule has 1 heterocycles. The lowest BCUT2D eigenvalue weighted by atomic mass is 10.4. The van der Waals surface area contributed by atoms with Crippen LogP contribution in [-0.4, -0.2) is 29.2 Å². The maximum Gasteiger partial charge on any atom is 0.239 e. The third-order valence-corrected chi connectivity index (χ3v) is 1.98. The average molecular weight is 200 g/mol. The first-order valence-corrected chi connectivity index (χ1v) is 4.97. The summed E-state index contributed by atoms with van der Waals surface area (Å²) in [4.78, 5) is 11.1. The van der Waals surface area contributed by atoms with Gasteiger partial charge in [0, 0.05) is 6.54 Å². The Bertz CT molecular complexity index is 249. The van der Waals surface area contributed by atoms with E-state index in [1.807, 2.05) is 6.92 Å². The van der Waals surface area contributed by atoms with Gasteiger partial charge in [0.2, 0.25) is 11.0 Å². The van der Waals surface area contributed by atoms with Gasteiger partial charge in [-0.3, -0.25) is 4.79 Å². The van der Waals surface area contributed by atoms with Crippen LogP contribution in [0.5, 0.6) is 0 Å². The SMILES string of the molecule is CCCNC(=O)CNc1nncs1. The van der Waals surface area contributed by atoms with Gasteiger partial charge in [0.1, 0.15) is 5.51 Å². The van der Waals surface area contributed by atoms with Crippen LogP contribution in [0, 0.1) is 0 Å². The molecule has 0 atom stereocenters. The van der Waals surface area contributed by atoms with Gasteiger partial charge in [-0.15, -0.1) is 10.2 Å². The predicted octanol–water partition coefficient (Wildman–Crippen LogP) is 0.476. The van der Waals surface area contributed by atoms with E-state index in [2.05, 4.69) is 20.8 Å². The van der Waals surface area contributed by atoms with Crippen molar-refractivity contribution >= 4 is 22.4 Å². The second-order valence-corrected chi connectivity index (χ2v) is 3.28. The number of carbonyl (C=O) groups is 1. The molecular weight excluding hydrogens is 188 g/mol. The van der Waals surface area contributed by atoms with Gasteiger partial charge in [-0.25, -0.2) is 0 Å². The Morgan fingerprint density at radius 2 is 2.54 bits per heavy atom. The van der Waals surface area contributed by atoms with Crippen LogP contribution >= 0.6 is 11.3 Å². The molecule has 0 aromatic carbocycles. The highest BCUT2D eigenvalue weighted by atomic mass is 32.1. The highest BCUT2D eigenvalue weighted by Crippen LogP contribution is 2.06. The van der Waals surface area contributed by atoms with Crippen molar-refractivity contribution in [3.05, 3.63) is 5.51 Å². The molecule has 0 aliphatic heterocycles. The Hall–Kier alpha value is -1.17. The van der Waals surface area contributed by atoms with Gasteiger partial charge >= 0.3 is 0 Å². The summed E-state index contributed by atoms with van der Waals surface area (Å²) >= 11 is 1.38. The Labute approximate surface area is 80.6 Å². The van der Waals surface area contributed by atoms with Crippen molar-refractivity contribution in [3.63, 3.8) is 0 Å². The molecule has 1 aromatic heterocycles. The van der Waals surface area contributed by atoms with Crippen LogP contribution in [0.2, 0.25) is 0 Å². The molecule has 0 fully saturated rings. The number of rotatable bonds is 5. The molecular formula is C7H12N4OS. The molecule has 0 aliphatic carbocycles. The number of aromatic nitrogens is 2. The van der Waals surface area contributed by atoms with Crippen molar-refractivity contribution < 1.29 is 4.79 Å². The third kappa shape index (κ3) is 3.84. The van der Waals surface area contributed by atoms with Crippen molar-refractivity contribution in [1.29, 1.82) is 0 Å². The van der Waals surface area contributed by atoms with E-state index in [0.29, 0.717) is 5.13 Å². The van der Waals surface area contributed by atoms with E-state index < -0.39 is 0 Å². The highest BCUT2D eigenvalue weighted by Gasteiger charge is 2.00. The third-order valence-electron chi connectivity index (χ3n) is 1.33. The molecule has 1 aromatic rings. The second kappa shape index (κ2) is 5.47. The van der Waals surface area contributed by atoms with Crippen molar-refractivity contribution in [2.75, 3.05) is 18.4 Å². The summed E-state index contributed by atoms with van der Waals surface area (Å²) in [6.07, 6.45) is 0.949. The first-order valence-electron chi connectivity index (χ1n) is 4.09. The van der Waals surface area contributed by atoms with E-state index >= 15 is 0 Å². The molecule has 0 saturated carbocycles. The maximum absolute atomic E-state index is 11.1. The fourth-order valence-electron chi connectivity index (χ4n) is 0.733. The summed E-state index contributed by atoms with van der Waals surface area (Å²) in [6.45, 7) is 2.99. The molecule has 6 heteroatoms. The molecule has 1 amide bonds. The topological polar surface area (TPSA) is 66.9 Å². The molecule has 2 N–H and O–H groups in total. The van der Waals surface area contributed by atoms with Gasteiger partial charge in [0.05, 0.1) is 6.54 Å². The first-order chi connectivity index (χ1) is 6.33. The summed E-state index contributed by atoms with van der Waals surface area (Å²) < 4.78 is 0. The Morgan fingerprint density at radius 3 is 3.15 bits per heavy atom. The van der Waals surface area contributed by atoms with Crippen LogP contribution in [-0.2, 0) is 4.79 Å². The summed E-state index contributed by atoms with van der Waals surface area (Å²) in [7, 11) is 0. The molecule has 0 bridgehead atoms. The van der Waals surface area contributed by atoms with E-state index in [-0.39, 0.29) is 12.5 Å². The van der Waals surface area contributed by atoms with Crippen LogP contribution in [0.15, 0.2) is 5.51 Å². The number of nitrogens with zero attached hydrogens (tertiary/aromatic N) is 2. The summed E-state index contributed by atoms with van der Waals surface area (Å²) in [5, 5.41) is 13.7. The lowest BCUT2D eigenvalue weighted by Crippen LogP contribution is -2.30.